The Morgan fingerprint density at radius 2 is 2.09 bits per heavy atom. The summed E-state index contributed by atoms with van der Waals surface area (Å²) in [6, 6.07) is 10.2. The molecule has 1 amide bonds. The molecular formula is C18H13NO4. The highest BCUT2D eigenvalue weighted by atomic mass is 16.7. The predicted molar refractivity (Wildman–Crippen MR) is 80.4 cm³/mol. The van der Waals surface area contributed by atoms with Crippen LogP contribution in [-0.2, 0) is 11.2 Å². The molecule has 2 atom stereocenters. The minimum Gasteiger partial charge on any atom is -0.454 e. The fourth-order valence-corrected chi connectivity index (χ4v) is 4.42. The van der Waals surface area contributed by atoms with Gasteiger partial charge in [0.1, 0.15) is 6.04 Å². The van der Waals surface area contributed by atoms with E-state index < -0.39 is 0 Å². The molecular weight excluding hydrogens is 294 g/mol. The van der Waals surface area contributed by atoms with Crippen molar-refractivity contribution in [1.29, 1.82) is 0 Å². The highest BCUT2D eigenvalue weighted by Crippen LogP contribution is 2.59. The molecule has 0 N–H and O–H groups in total. The van der Waals surface area contributed by atoms with Gasteiger partial charge >= 0.3 is 6.09 Å². The van der Waals surface area contributed by atoms with Gasteiger partial charge in [-0.2, -0.15) is 0 Å². The second kappa shape index (κ2) is 3.79. The van der Waals surface area contributed by atoms with Crippen LogP contribution in [0.5, 0.6) is 11.5 Å². The molecule has 3 heterocycles. The van der Waals surface area contributed by atoms with E-state index in [4.69, 9.17) is 14.2 Å². The van der Waals surface area contributed by atoms with Crippen molar-refractivity contribution < 1.29 is 19.0 Å². The van der Waals surface area contributed by atoms with Gasteiger partial charge in [0.15, 0.2) is 17.6 Å². The van der Waals surface area contributed by atoms with Crippen LogP contribution in [0.4, 0.5) is 4.79 Å². The van der Waals surface area contributed by atoms with E-state index in [1.165, 1.54) is 11.1 Å². The summed E-state index contributed by atoms with van der Waals surface area (Å²) < 4.78 is 17.1. The molecule has 3 aliphatic heterocycles. The summed E-state index contributed by atoms with van der Waals surface area (Å²) in [4.78, 5) is 14.2. The Kier molecular flexibility index (Phi) is 1.95. The first kappa shape index (κ1) is 11.8. The van der Waals surface area contributed by atoms with Crippen molar-refractivity contribution in [3.8, 4) is 22.6 Å². The van der Waals surface area contributed by atoms with Gasteiger partial charge in [0.25, 0.3) is 0 Å². The van der Waals surface area contributed by atoms with Crippen molar-refractivity contribution in [2.24, 2.45) is 0 Å². The first-order chi connectivity index (χ1) is 11.3. The van der Waals surface area contributed by atoms with Crippen LogP contribution in [0.2, 0.25) is 0 Å². The van der Waals surface area contributed by atoms with E-state index in [0.717, 1.165) is 34.6 Å². The molecule has 0 radical (unpaired) electrons. The molecule has 1 fully saturated rings. The summed E-state index contributed by atoms with van der Waals surface area (Å²) in [6.45, 7) is 0.939. The summed E-state index contributed by atoms with van der Waals surface area (Å²) in [5, 5.41) is 0. The third-order valence-electron chi connectivity index (χ3n) is 5.33. The smallest absolute Gasteiger partial charge is 0.411 e. The van der Waals surface area contributed by atoms with Crippen LogP contribution >= 0.6 is 0 Å². The number of rotatable bonds is 0. The molecule has 2 unspecified atom stereocenters. The minimum atomic E-state index is -0.231. The van der Waals surface area contributed by atoms with Crippen molar-refractivity contribution in [2.45, 2.75) is 18.6 Å². The molecule has 0 bridgehead atoms. The lowest BCUT2D eigenvalue weighted by Crippen LogP contribution is -2.36. The summed E-state index contributed by atoms with van der Waals surface area (Å²) in [5.74, 6) is 1.61. The molecule has 114 valence electrons. The highest BCUT2D eigenvalue weighted by molar-refractivity contribution is 5.87. The van der Waals surface area contributed by atoms with Crippen LogP contribution in [0.15, 0.2) is 30.3 Å². The zero-order valence-electron chi connectivity index (χ0n) is 12.2. The van der Waals surface area contributed by atoms with E-state index >= 15 is 0 Å². The molecule has 1 saturated heterocycles. The molecule has 2 aromatic rings. The number of amides is 1. The molecule has 5 heteroatoms. The van der Waals surface area contributed by atoms with E-state index in [1.807, 2.05) is 23.1 Å². The largest absolute Gasteiger partial charge is 0.454 e. The second-order valence-electron chi connectivity index (χ2n) is 6.34. The first-order valence-corrected chi connectivity index (χ1v) is 7.85. The number of carbonyl (C=O) groups is 1. The number of nitrogens with zero attached hydrogens (tertiary/aromatic N) is 1. The van der Waals surface area contributed by atoms with Crippen LogP contribution in [0.1, 0.15) is 28.8 Å². The zero-order valence-corrected chi connectivity index (χ0v) is 12.2. The molecule has 0 aromatic heterocycles. The Bertz CT molecular complexity index is 891. The minimum absolute atomic E-state index is 0.0503. The molecule has 23 heavy (non-hydrogen) atoms. The van der Waals surface area contributed by atoms with Gasteiger partial charge in [0.2, 0.25) is 6.79 Å². The second-order valence-corrected chi connectivity index (χ2v) is 6.34. The highest BCUT2D eigenvalue weighted by Gasteiger charge is 2.51. The number of hydrogen-bond donors (Lipinski definition) is 0. The summed E-state index contributed by atoms with van der Waals surface area (Å²) in [7, 11) is 0. The standard InChI is InChI=1S/C18H13NO4/c20-18-19-6-5-9-7-12-17(22-8-21-12)14-10-3-1-2-4-11(10)16(23-18)15(19)13(9)14/h1-4,7,15-16H,5-6,8H2. The topological polar surface area (TPSA) is 48.0 Å². The maximum atomic E-state index is 12.3. The zero-order chi connectivity index (χ0) is 15.1. The van der Waals surface area contributed by atoms with Gasteiger partial charge in [-0.05, 0) is 29.2 Å². The fourth-order valence-electron chi connectivity index (χ4n) is 4.42. The van der Waals surface area contributed by atoms with Gasteiger partial charge in [0, 0.05) is 17.7 Å². The van der Waals surface area contributed by atoms with Gasteiger partial charge < -0.3 is 14.2 Å². The van der Waals surface area contributed by atoms with E-state index in [-0.39, 0.29) is 25.0 Å². The first-order valence-electron chi connectivity index (χ1n) is 7.85. The third-order valence-corrected chi connectivity index (χ3v) is 5.33. The van der Waals surface area contributed by atoms with E-state index in [0.29, 0.717) is 6.54 Å². The Labute approximate surface area is 132 Å². The molecule has 1 aliphatic carbocycles. The van der Waals surface area contributed by atoms with Crippen molar-refractivity contribution >= 4 is 6.09 Å². The van der Waals surface area contributed by atoms with Gasteiger partial charge in [-0.25, -0.2) is 4.79 Å². The number of carbonyl (C=O) groups excluding carboxylic acids is 1. The van der Waals surface area contributed by atoms with Crippen molar-refractivity contribution in [1.82, 2.24) is 4.90 Å². The van der Waals surface area contributed by atoms with Crippen LogP contribution in [0, 0.1) is 0 Å². The fraction of sp³-hybridized carbons (Fsp3) is 0.278. The van der Waals surface area contributed by atoms with E-state index in [1.54, 1.807) is 0 Å². The van der Waals surface area contributed by atoms with Crippen LogP contribution in [-0.4, -0.2) is 24.3 Å². The van der Waals surface area contributed by atoms with Crippen LogP contribution < -0.4 is 9.47 Å². The number of hydrogen-bond acceptors (Lipinski definition) is 4. The number of fused-ring (bicyclic) bond motifs is 5. The van der Waals surface area contributed by atoms with Crippen molar-refractivity contribution in [2.75, 3.05) is 13.3 Å². The Balaban J connectivity index is 1.76. The van der Waals surface area contributed by atoms with Crippen molar-refractivity contribution in [3.05, 3.63) is 47.0 Å². The van der Waals surface area contributed by atoms with Crippen LogP contribution in [0.3, 0.4) is 0 Å². The average Bonchev–Trinajstić information content (AvgIpc) is 3.17. The lowest BCUT2D eigenvalue weighted by atomic mass is 9.75. The summed E-state index contributed by atoms with van der Waals surface area (Å²) >= 11 is 0. The predicted octanol–water partition coefficient (Wildman–Crippen LogP) is 3.19. The quantitative estimate of drug-likeness (QED) is 0.750. The molecule has 2 aromatic carbocycles. The molecule has 0 saturated carbocycles. The monoisotopic (exact) mass is 307 g/mol. The summed E-state index contributed by atoms with van der Waals surface area (Å²) in [5.41, 5.74) is 5.63. The lowest BCUT2D eigenvalue weighted by molar-refractivity contribution is 0.130. The van der Waals surface area contributed by atoms with E-state index in [2.05, 4.69) is 12.1 Å². The number of benzene rings is 2. The van der Waals surface area contributed by atoms with Gasteiger partial charge in [0.05, 0.1) is 0 Å². The van der Waals surface area contributed by atoms with Crippen molar-refractivity contribution in [3.63, 3.8) is 0 Å². The molecule has 6 rings (SSSR count). The van der Waals surface area contributed by atoms with Gasteiger partial charge in [-0.1, -0.05) is 24.3 Å². The normalized spacial score (nSPS) is 25.0. The number of ether oxygens (including phenoxy) is 3. The maximum Gasteiger partial charge on any atom is 0.411 e. The lowest BCUT2D eigenvalue weighted by Gasteiger charge is -2.37. The molecule has 0 spiro atoms. The van der Waals surface area contributed by atoms with Gasteiger partial charge in [-0.15, -0.1) is 0 Å². The van der Waals surface area contributed by atoms with E-state index in [9.17, 15) is 4.79 Å². The SMILES string of the molecule is O=C1OC2c3ccccc3-c3c4c(cc5c3C2N1CC5)OCO4. The maximum absolute atomic E-state index is 12.3. The molecule has 4 aliphatic rings. The average molecular weight is 307 g/mol. The third kappa shape index (κ3) is 1.28. The summed E-state index contributed by atoms with van der Waals surface area (Å²) in [6.07, 6.45) is 0.371. The Morgan fingerprint density at radius 3 is 3.04 bits per heavy atom. The van der Waals surface area contributed by atoms with Crippen LogP contribution in [0.25, 0.3) is 11.1 Å². The Hall–Kier alpha value is -2.69. The van der Waals surface area contributed by atoms with Gasteiger partial charge in [-0.3, -0.25) is 4.90 Å². The Morgan fingerprint density at radius 1 is 1.17 bits per heavy atom. The molecule has 5 nitrogen and oxygen atoms in total.